The number of esters is 2. The topological polar surface area (TPSA) is 99.1 Å². The summed E-state index contributed by atoms with van der Waals surface area (Å²) in [6.07, 6.45) is 50.9. The van der Waals surface area contributed by atoms with Crippen molar-refractivity contribution < 1.29 is 38.2 Å². The van der Waals surface area contributed by atoms with Gasteiger partial charge in [0.2, 0.25) is 0 Å². The Bertz CT molecular complexity index is 1050. The lowest BCUT2D eigenvalue weighted by molar-refractivity contribution is -0.887. The molecule has 2 atom stereocenters. The van der Waals surface area contributed by atoms with Crippen molar-refractivity contribution >= 4 is 17.9 Å². The third-order valence-corrected chi connectivity index (χ3v) is 11.8. The second-order valence-electron chi connectivity index (χ2n) is 18.8. The third-order valence-electron chi connectivity index (χ3n) is 11.8. The number of ether oxygens (including phenoxy) is 3. The quantitative estimate of drug-likeness (QED) is 0.0281. The lowest BCUT2D eigenvalue weighted by atomic mass is 10.0. The molecule has 0 saturated heterocycles. The lowest BCUT2D eigenvalue weighted by Crippen LogP contribution is -2.50. The van der Waals surface area contributed by atoms with Crippen molar-refractivity contribution in [2.24, 2.45) is 0 Å². The van der Waals surface area contributed by atoms with Gasteiger partial charge in [0.1, 0.15) is 6.61 Å². The predicted molar refractivity (Wildman–Crippen MR) is 257 cm³/mol. The summed E-state index contributed by atoms with van der Waals surface area (Å²) in [5.41, 5.74) is 0. The molecule has 0 aromatic rings. The van der Waals surface area contributed by atoms with Crippen LogP contribution >= 0.6 is 0 Å². The SMILES string of the molecule is CCCCCCCCC/C=C/CCCCCC(=O)OC(COCCC(C(=O)O)[N+](C)(C)C)COC(=O)CCCCCCCCC/C=C/CCCCCCCCCCCCCC. The Kier molecular flexibility index (Phi) is 42.8. The minimum absolute atomic E-state index is 0.0559. The van der Waals surface area contributed by atoms with Gasteiger partial charge < -0.3 is 23.8 Å². The van der Waals surface area contributed by atoms with Crippen molar-refractivity contribution in [3.63, 3.8) is 0 Å². The molecule has 0 saturated carbocycles. The van der Waals surface area contributed by atoms with Crippen LogP contribution in [0.1, 0.15) is 245 Å². The van der Waals surface area contributed by atoms with Crippen LogP contribution < -0.4 is 0 Å². The number of aliphatic carboxylic acids is 1. The van der Waals surface area contributed by atoms with Crippen molar-refractivity contribution in [1.82, 2.24) is 0 Å². The number of hydrogen-bond donors (Lipinski definition) is 1. The first-order chi connectivity index (χ1) is 29.6. The summed E-state index contributed by atoms with van der Waals surface area (Å²) in [4.78, 5) is 37.1. The number of nitrogens with zero attached hydrogens (tertiary/aromatic N) is 1. The number of unbranched alkanes of at least 4 members (excludes halogenated alkanes) is 29. The van der Waals surface area contributed by atoms with Gasteiger partial charge in [0.25, 0.3) is 0 Å². The van der Waals surface area contributed by atoms with Crippen LogP contribution in [-0.2, 0) is 28.6 Å². The van der Waals surface area contributed by atoms with Crippen LogP contribution in [-0.4, -0.2) is 80.6 Å². The summed E-state index contributed by atoms with van der Waals surface area (Å²) in [7, 11) is 5.53. The minimum atomic E-state index is -0.875. The molecule has 0 aliphatic heterocycles. The van der Waals surface area contributed by atoms with Crippen molar-refractivity contribution in [3.05, 3.63) is 24.3 Å². The molecular formula is C53H100NO7+. The maximum Gasteiger partial charge on any atom is 0.362 e. The van der Waals surface area contributed by atoms with Crippen LogP contribution in [0.15, 0.2) is 24.3 Å². The van der Waals surface area contributed by atoms with Gasteiger partial charge in [0.05, 0.1) is 34.4 Å². The van der Waals surface area contributed by atoms with Crippen molar-refractivity contribution in [3.8, 4) is 0 Å². The van der Waals surface area contributed by atoms with Crippen molar-refractivity contribution in [1.29, 1.82) is 0 Å². The van der Waals surface area contributed by atoms with Crippen LogP contribution in [0.5, 0.6) is 0 Å². The van der Waals surface area contributed by atoms with Gasteiger partial charge in [0.15, 0.2) is 12.1 Å². The van der Waals surface area contributed by atoms with Crippen LogP contribution in [0.2, 0.25) is 0 Å². The molecule has 0 heterocycles. The molecule has 0 aliphatic carbocycles. The number of hydrogen-bond acceptors (Lipinski definition) is 6. The fraction of sp³-hybridized carbons (Fsp3) is 0.868. The maximum atomic E-state index is 12.7. The smallest absolute Gasteiger partial charge is 0.362 e. The summed E-state index contributed by atoms with van der Waals surface area (Å²) in [6.45, 7) is 4.75. The Labute approximate surface area is 377 Å². The molecular weight excluding hydrogens is 763 g/mol. The van der Waals surface area contributed by atoms with Gasteiger partial charge in [-0.3, -0.25) is 9.59 Å². The second kappa shape index (κ2) is 44.4. The molecule has 358 valence electrons. The molecule has 1 N–H and O–H groups in total. The largest absolute Gasteiger partial charge is 0.477 e. The number of carboxylic acids is 1. The zero-order chi connectivity index (χ0) is 44.9. The van der Waals surface area contributed by atoms with E-state index in [1.54, 1.807) is 0 Å². The average Bonchev–Trinajstić information content (AvgIpc) is 3.22. The molecule has 8 heteroatoms. The Morgan fingerprint density at radius 2 is 0.820 bits per heavy atom. The van der Waals surface area contributed by atoms with E-state index < -0.39 is 18.1 Å². The lowest BCUT2D eigenvalue weighted by Gasteiger charge is -2.31. The van der Waals surface area contributed by atoms with Crippen molar-refractivity contribution in [2.45, 2.75) is 257 Å². The highest BCUT2D eigenvalue weighted by molar-refractivity contribution is 5.72. The molecule has 8 nitrogen and oxygen atoms in total. The van der Waals surface area contributed by atoms with Gasteiger partial charge in [-0.05, 0) is 64.2 Å². The molecule has 2 unspecified atom stereocenters. The molecule has 0 fully saturated rings. The summed E-state index contributed by atoms with van der Waals surface area (Å²) in [6, 6.07) is -0.616. The van der Waals surface area contributed by atoms with Gasteiger partial charge in [-0.2, -0.15) is 0 Å². The first-order valence-corrected chi connectivity index (χ1v) is 25.9. The molecule has 0 rings (SSSR count). The Balaban J connectivity index is 4.19. The van der Waals surface area contributed by atoms with E-state index in [-0.39, 0.29) is 36.2 Å². The molecule has 0 aromatic heterocycles. The van der Waals surface area contributed by atoms with Gasteiger partial charge in [-0.15, -0.1) is 0 Å². The van der Waals surface area contributed by atoms with E-state index in [1.165, 1.54) is 161 Å². The molecule has 0 amide bonds. The Morgan fingerprint density at radius 1 is 0.475 bits per heavy atom. The summed E-state index contributed by atoms with van der Waals surface area (Å²) < 4.78 is 17.3. The summed E-state index contributed by atoms with van der Waals surface area (Å²) in [5.74, 6) is -1.48. The summed E-state index contributed by atoms with van der Waals surface area (Å²) >= 11 is 0. The first-order valence-electron chi connectivity index (χ1n) is 25.9. The van der Waals surface area contributed by atoms with Crippen LogP contribution in [0, 0.1) is 0 Å². The minimum Gasteiger partial charge on any atom is -0.477 e. The molecule has 61 heavy (non-hydrogen) atoms. The Morgan fingerprint density at radius 3 is 1.20 bits per heavy atom. The number of likely N-dealkylation sites (N-methyl/N-ethyl adjacent to an activating group) is 1. The van der Waals surface area contributed by atoms with E-state index >= 15 is 0 Å². The second-order valence-corrected chi connectivity index (χ2v) is 18.8. The van der Waals surface area contributed by atoms with Gasteiger partial charge in [-0.25, -0.2) is 4.79 Å². The van der Waals surface area contributed by atoms with Crippen LogP contribution in [0.3, 0.4) is 0 Å². The van der Waals surface area contributed by atoms with Gasteiger partial charge in [0, 0.05) is 19.3 Å². The fourth-order valence-corrected chi connectivity index (χ4v) is 7.79. The average molecular weight is 863 g/mol. The number of allylic oxidation sites excluding steroid dienone is 4. The van der Waals surface area contributed by atoms with Gasteiger partial charge in [-0.1, -0.05) is 186 Å². The number of carboxylic acid groups (broad SMARTS) is 1. The fourth-order valence-electron chi connectivity index (χ4n) is 7.79. The van der Waals surface area contributed by atoms with Crippen LogP contribution in [0.4, 0.5) is 0 Å². The number of quaternary nitrogens is 1. The van der Waals surface area contributed by atoms with E-state index in [9.17, 15) is 19.5 Å². The van der Waals surface area contributed by atoms with Gasteiger partial charge >= 0.3 is 17.9 Å². The van der Waals surface area contributed by atoms with E-state index in [4.69, 9.17) is 14.2 Å². The monoisotopic (exact) mass is 863 g/mol. The normalized spacial score (nSPS) is 13.0. The summed E-state index contributed by atoms with van der Waals surface area (Å²) in [5, 5.41) is 9.64. The maximum absolute atomic E-state index is 12.7. The van der Waals surface area contributed by atoms with E-state index in [0.717, 1.165) is 51.4 Å². The van der Waals surface area contributed by atoms with E-state index in [0.29, 0.717) is 19.3 Å². The van der Waals surface area contributed by atoms with E-state index in [1.807, 2.05) is 21.1 Å². The highest BCUT2D eigenvalue weighted by atomic mass is 16.6. The molecule has 0 bridgehead atoms. The highest BCUT2D eigenvalue weighted by Gasteiger charge is 2.31. The highest BCUT2D eigenvalue weighted by Crippen LogP contribution is 2.15. The molecule has 0 aliphatic rings. The third kappa shape index (κ3) is 42.9. The number of carbonyl (C=O) groups is 3. The Hall–Kier alpha value is -2.19. The first kappa shape index (κ1) is 58.8. The predicted octanol–water partition coefficient (Wildman–Crippen LogP) is 14.8. The standard InChI is InChI=1S/C53H99NO7/c1-6-8-10-12-14-16-18-20-22-23-24-25-26-27-28-29-30-32-33-35-37-39-41-43-51(55)60-48-49(47-59-46-45-50(53(57)58)54(3,4)5)61-52(56)44-42-40-38-36-34-31-21-19-17-15-13-11-9-7-2/h27-28,31,34,49-50H,6-26,29-30,32-33,35-48H2,1-5H3/p+1/b28-27+,34-31+. The number of carbonyl (C=O) groups excluding carboxylic acids is 2. The van der Waals surface area contributed by atoms with E-state index in [2.05, 4.69) is 38.2 Å². The zero-order valence-corrected chi connectivity index (χ0v) is 40.9. The van der Waals surface area contributed by atoms with Crippen LogP contribution in [0.25, 0.3) is 0 Å². The molecule has 0 radical (unpaired) electrons. The number of rotatable bonds is 47. The van der Waals surface area contributed by atoms with Crippen molar-refractivity contribution in [2.75, 3.05) is 41.0 Å². The zero-order valence-electron chi connectivity index (χ0n) is 40.9. The molecule has 0 aromatic carbocycles. The molecule has 0 spiro atoms.